The molecule has 1 fully saturated rings. The fourth-order valence-electron chi connectivity index (χ4n) is 2.81. The Balaban J connectivity index is 1.80. The van der Waals surface area contributed by atoms with Gasteiger partial charge in [-0.2, -0.15) is 5.10 Å². The van der Waals surface area contributed by atoms with Gasteiger partial charge < -0.3 is 5.32 Å². The van der Waals surface area contributed by atoms with Crippen LogP contribution in [0.15, 0.2) is 24.4 Å². The van der Waals surface area contributed by atoms with E-state index in [-0.39, 0.29) is 17.5 Å². The Morgan fingerprint density at radius 2 is 2.00 bits per heavy atom. The summed E-state index contributed by atoms with van der Waals surface area (Å²) in [6.07, 6.45) is 3.25. The molecule has 1 saturated heterocycles. The largest absolute Gasteiger partial charge is 0.382 e. The zero-order valence-electron chi connectivity index (χ0n) is 12.4. The smallest absolute Gasteiger partial charge is 0.150 e. The lowest BCUT2D eigenvalue weighted by Crippen LogP contribution is -2.32. The quantitative estimate of drug-likeness (QED) is 0.946. The minimum absolute atomic E-state index is 0.237. The molecule has 1 aliphatic heterocycles. The molecule has 0 atom stereocenters. The summed E-state index contributed by atoms with van der Waals surface area (Å²) in [7, 11) is -2.81. The van der Waals surface area contributed by atoms with E-state index in [9.17, 15) is 8.42 Å². The summed E-state index contributed by atoms with van der Waals surface area (Å²) >= 11 is 0. The summed E-state index contributed by atoms with van der Waals surface area (Å²) in [5.74, 6) is 0.577. The number of rotatable bonds is 3. The fourth-order valence-corrected chi connectivity index (χ4v) is 4.30. The molecule has 2 heterocycles. The Morgan fingerprint density at radius 1 is 1.29 bits per heavy atom. The number of fused-ring (bicyclic) bond motifs is 1. The van der Waals surface area contributed by atoms with Gasteiger partial charge in [-0.05, 0) is 44.9 Å². The molecule has 0 aliphatic carbocycles. The Labute approximate surface area is 125 Å². The van der Waals surface area contributed by atoms with Crippen molar-refractivity contribution in [3.8, 4) is 0 Å². The average molecular weight is 307 g/mol. The van der Waals surface area contributed by atoms with E-state index in [1.54, 1.807) is 0 Å². The van der Waals surface area contributed by atoms with Crippen LogP contribution in [-0.2, 0) is 9.84 Å². The van der Waals surface area contributed by atoms with Crippen LogP contribution >= 0.6 is 0 Å². The molecule has 1 N–H and O–H groups in total. The molecule has 0 unspecified atom stereocenters. The lowest BCUT2D eigenvalue weighted by atomic mass is 10.1. The van der Waals surface area contributed by atoms with Gasteiger partial charge in [0.2, 0.25) is 0 Å². The summed E-state index contributed by atoms with van der Waals surface area (Å²) in [6.45, 7) is 4.22. The minimum Gasteiger partial charge on any atom is -0.382 e. The lowest BCUT2D eigenvalue weighted by molar-refractivity contribution is 0.550. The third kappa shape index (κ3) is 3.05. The molecule has 2 aromatic rings. The molecular weight excluding hydrogens is 286 g/mol. The highest BCUT2D eigenvalue weighted by Gasteiger charge is 2.23. The molecule has 0 bridgehead atoms. The lowest BCUT2D eigenvalue weighted by Gasteiger charge is -2.24. The molecule has 114 valence electrons. The summed E-state index contributed by atoms with van der Waals surface area (Å²) in [5.41, 5.74) is 2.15. The maximum atomic E-state index is 11.5. The van der Waals surface area contributed by atoms with Crippen molar-refractivity contribution >= 4 is 26.4 Å². The number of benzene rings is 1. The molecule has 21 heavy (non-hydrogen) atoms. The first-order valence-electron chi connectivity index (χ1n) is 7.39. The third-order valence-electron chi connectivity index (χ3n) is 4.01. The van der Waals surface area contributed by atoms with Gasteiger partial charge in [0, 0.05) is 23.2 Å². The van der Waals surface area contributed by atoms with Crippen LogP contribution in [0.5, 0.6) is 0 Å². The van der Waals surface area contributed by atoms with Crippen LogP contribution in [-0.4, -0.2) is 35.7 Å². The van der Waals surface area contributed by atoms with E-state index in [0.29, 0.717) is 18.9 Å². The Bertz CT molecular complexity index is 735. The van der Waals surface area contributed by atoms with Gasteiger partial charge in [0.05, 0.1) is 23.2 Å². The van der Waals surface area contributed by atoms with Crippen LogP contribution in [0.2, 0.25) is 0 Å². The SMILES string of the molecule is CC(C)n1ncc2ccc(NC3CCS(=O)(=O)CC3)cc21. The van der Waals surface area contributed by atoms with Gasteiger partial charge >= 0.3 is 0 Å². The van der Waals surface area contributed by atoms with Gasteiger partial charge in [-0.1, -0.05) is 0 Å². The molecule has 0 radical (unpaired) electrons. The number of hydrogen-bond acceptors (Lipinski definition) is 4. The number of sulfone groups is 1. The van der Waals surface area contributed by atoms with Crippen molar-refractivity contribution in [2.75, 3.05) is 16.8 Å². The van der Waals surface area contributed by atoms with E-state index in [1.165, 1.54) is 0 Å². The predicted octanol–water partition coefficient (Wildman–Crippen LogP) is 2.61. The Kier molecular flexibility index (Phi) is 3.65. The second-order valence-electron chi connectivity index (χ2n) is 6.03. The van der Waals surface area contributed by atoms with Crippen molar-refractivity contribution in [2.24, 2.45) is 0 Å². The number of hydrogen-bond donors (Lipinski definition) is 1. The topological polar surface area (TPSA) is 64.0 Å². The highest BCUT2D eigenvalue weighted by atomic mass is 32.2. The van der Waals surface area contributed by atoms with Crippen LogP contribution in [0, 0.1) is 0 Å². The van der Waals surface area contributed by atoms with Crippen molar-refractivity contribution < 1.29 is 8.42 Å². The molecule has 6 heteroatoms. The van der Waals surface area contributed by atoms with Crippen molar-refractivity contribution in [3.63, 3.8) is 0 Å². The fraction of sp³-hybridized carbons (Fsp3) is 0.533. The van der Waals surface area contributed by atoms with E-state index >= 15 is 0 Å². The number of anilines is 1. The van der Waals surface area contributed by atoms with Gasteiger partial charge in [-0.15, -0.1) is 0 Å². The van der Waals surface area contributed by atoms with Crippen molar-refractivity contribution in [1.82, 2.24) is 9.78 Å². The molecule has 0 saturated carbocycles. The first-order chi connectivity index (χ1) is 9.94. The zero-order valence-corrected chi connectivity index (χ0v) is 13.2. The molecular formula is C15H21N3O2S. The summed E-state index contributed by atoms with van der Waals surface area (Å²) in [6, 6.07) is 6.76. The molecule has 1 aromatic carbocycles. The van der Waals surface area contributed by atoms with Crippen LogP contribution in [0.25, 0.3) is 10.9 Å². The summed E-state index contributed by atoms with van der Waals surface area (Å²) in [5, 5.41) is 9.00. The Morgan fingerprint density at radius 3 is 2.67 bits per heavy atom. The molecule has 1 aromatic heterocycles. The van der Waals surface area contributed by atoms with Crippen LogP contribution in [0.3, 0.4) is 0 Å². The molecule has 0 spiro atoms. The Hall–Kier alpha value is -1.56. The molecule has 0 amide bonds. The van der Waals surface area contributed by atoms with E-state index in [1.807, 2.05) is 16.9 Å². The van der Waals surface area contributed by atoms with Gasteiger partial charge in [0.25, 0.3) is 0 Å². The van der Waals surface area contributed by atoms with Crippen LogP contribution in [0.4, 0.5) is 5.69 Å². The number of nitrogens with one attached hydrogen (secondary N) is 1. The van der Waals surface area contributed by atoms with E-state index < -0.39 is 9.84 Å². The second kappa shape index (κ2) is 5.33. The summed E-state index contributed by atoms with van der Waals surface area (Å²) in [4.78, 5) is 0. The monoisotopic (exact) mass is 307 g/mol. The maximum Gasteiger partial charge on any atom is 0.150 e. The average Bonchev–Trinajstić information content (AvgIpc) is 2.84. The highest BCUT2D eigenvalue weighted by Crippen LogP contribution is 2.24. The molecule has 5 nitrogen and oxygen atoms in total. The zero-order chi connectivity index (χ0) is 15.0. The van der Waals surface area contributed by atoms with E-state index in [4.69, 9.17) is 0 Å². The number of nitrogens with zero attached hydrogens (tertiary/aromatic N) is 2. The first kappa shape index (κ1) is 14.4. The van der Waals surface area contributed by atoms with Gasteiger partial charge in [0.15, 0.2) is 0 Å². The maximum absolute atomic E-state index is 11.5. The van der Waals surface area contributed by atoms with Gasteiger partial charge in [-0.3, -0.25) is 4.68 Å². The predicted molar refractivity (Wildman–Crippen MR) is 85.4 cm³/mol. The highest BCUT2D eigenvalue weighted by molar-refractivity contribution is 7.91. The normalized spacial score (nSPS) is 19.2. The second-order valence-corrected chi connectivity index (χ2v) is 8.33. The van der Waals surface area contributed by atoms with E-state index in [0.717, 1.165) is 16.6 Å². The number of aromatic nitrogens is 2. The van der Waals surface area contributed by atoms with Crippen LogP contribution in [0.1, 0.15) is 32.7 Å². The molecule has 1 aliphatic rings. The van der Waals surface area contributed by atoms with Crippen molar-refractivity contribution in [3.05, 3.63) is 24.4 Å². The van der Waals surface area contributed by atoms with Gasteiger partial charge in [-0.25, -0.2) is 8.42 Å². The minimum atomic E-state index is -2.81. The third-order valence-corrected chi connectivity index (χ3v) is 5.73. The van der Waals surface area contributed by atoms with Crippen molar-refractivity contribution in [1.29, 1.82) is 0 Å². The standard InChI is InChI=1S/C15H21N3O2S/c1-11(2)18-15-9-14(4-3-12(15)10-16-18)17-13-5-7-21(19,20)8-6-13/h3-4,9-11,13,17H,5-8H2,1-2H3. The van der Waals surface area contributed by atoms with Crippen molar-refractivity contribution in [2.45, 2.75) is 38.8 Å². The first-order valence-corrected chi connectivity index (χ1v) is 9.21. The van der Waals surface area contributed by atoms with Gasteiger partial charge in [0.1, 0.15) is 9.84 Å². The summed E-state index contributed by atoms with van der Waals surface area (Å²) < 4.78 is 24.9. The molecule has 3 rings (SSSR count). The van der Waals surface area contributed by atoms with Crippen LogP contribution < -0.4 is 5.32 Å². The van der Waals surface area contributed by atoms with E-state index in [2.05, 4.69) is 36.4 Å².